The fourth-order valence-electron chi connectivity index (χ4n) is 2.26. The van der Waals surface area contributed by atoms with Gasteiger partial charge < -0.3 is 10.1 Å². The van der Waals surface area contributed by atoms with Gasteiger partial charge in [0.25, 0.3) is 11.6 Å². The van der Waals surface area contributed by atoms with Crippen LogP contribution in [-0.4, -0.2) is 38.1 Å². The minimum atomic E-state index is -3.64. The number of non-ortho nitro benzene ring substituents is 1. The van der Waals surface area contributed by atoms with Crippen LogP contribution < -0.4 is 5.32 Å². The molecule has 27 heavy (non-hydrogen) atoms. The SMILES string of the molecule is Cc1cc([N+](=O)[O-])ccc1NC(=O)COC(=O)c1ccccc1S(C)(=O)=O. The third-order valence-corrected chi connectivity index (χ3v) is 4.69. The van der Waals surface area contributed by atoms with E-state index in [0.717, 1.165) is 6.26 Å². The van der Waals surface area contributed by atoms with Gasteiger partial charge in [-0.25, -0.2) is 13.2 Å². The van der Waals surface area contributed by atoms with Crippen LogP contribution in [0.5, 0.6) is 0 Å². The van der Waals surface area contributed by atoms with Gasteiger partial charge in [-0.1, -0.05) is 12.1 Å². The molecule has 1 amide bonds. The van der Waals surface area contributed by atoms with Gasteiger partial charge in [0.2, 0.25) is 0 Å². The third kappa shape index (κ3) is 5.11. The Labute approximate surface area is 155 Å². The molecule has 0 bridgehead atoms. The predicted octanol–water partition coefficient (Wildman–Crippen LogP) is 2.10. The van der Waals surface area contributed by atoms with Crippen LogP contribution in [0.15, 0.2) is 47.4 Å². The second-order valence-electron chi connectivity index (χ2n) is 5.65. The molecule has 0 spiro atoms. The van der Waals surface area contributed by atoms with Crippen molar-refractivity contribution in [3.05, 3.63) is 63.7 Å². The Morgan fingerprint density at radius 2 is 1.85 bits per heavy atom. The van der Waals surface area contributed by atoms with Crippen molar-refractivity contribution in [1.82, 2.24) is 0 Å². The molecule has 0 radical (unpaired) electrons. The Morgan fingerprint density at radius 1 is 1.19 bits per heavy atom. The topological polar surface area (TPSA) is 133 Å². The summed E-state index contributed by atoms with van der Waals surface area (Å²) in [7, 11) is -3.64. The average molecular weight is 392 g/mol. The summed E-state index contributed by atoms with van der Waals surface area (Å²) >= 11 is 0. The summed E-state index contributed by atoms with van der Waals surface area (Å²) in [6.45, 7) is 0.935. The second kappa shape index (κ2) is 7.96. The quantitative estimate of drug-likeness (QED) is 0.452. The maximum Gasteiger partial charge on any atom is 0.339 e. The van der Waals surface area contributed by atoms with Crippen molar-refractivity contribution in [2.24, 2.45) is 0 Å². The number of nitro groups is 1. The van der Waals surface area contributed by atoms with E-state index in [2.05, 4.69) is 5.32 Å². The Bertz CT molecular complexity index is 1020. The van der Waals surface area contributed by atoms with Gasteiger partial charge in [-0.2, -0.15) is 0 Å². The van der Waals surface area contributed by atoms with Crippen molar-refractivity contribution in [3.8, 4) is 0 Å². The van der Waals surface area contributed by atoms with E-state index in [1.807, 2.05) is 0 Å². The molecule has 0 heterocycles. The van der Waals surface area contributed by atoms with Crippen LogP contribution >= 0.6 is 0 Å². The highest BCUT2D eigenvalue weighted by molar-refractivity contribution is 7.90. The molecule has 2 aromatic carbocycles. The highest BCUT2D eigenvalue weighted by Crippen LogP contribution is 2.21. The van der Waals surface area contributed by atoms with E-state index in [9.17, 15) is 28.1 Å². The molecular weight excluding hydrogens is 376 g/mol. The van der Waals surface area contributed by atoms with Crippen molar-refractivity contribution < 1.29 is 27.7 Å². The number of sulfone groups is 1. The van der Waals surface area contributed by atoms with Crippen LogP contribution in [0.4, 0.5) is 11.4 Å². The van der Waals surface area contributed by atoms with E-state index >= 15 is 0 Å². The zero-order valence-corrected chi connectivity index (χ0v) is 15.3. The number of nitrogens with one attached hydrogen (secondary N) is 1. The molecule has 0 aliphatic heterocycles. The number of rotatable bonds is 6. The van der Waals surface area contributed by atoms with Gasteiger partial charge in [0, 0.05) is 24.1 Å². The highest BCUT2D eigenvalue weighted by Gasteiger charge is 2.20. The summed E-state index contributed by atoms with van der Waals surface area (Å²) in [5.41, 5.74) is 0.512. The number of aryl methyl sites for hydroxylation is 1. The molecule has 9 nitrogen and oxygen atoms in total. The summed E-state index contributed by atoms with van der Waals surface area (Å²) in [6, 6.07) is 9.40. The molecule has 0 saturated carbocycles. The van der Waals surface area contributed by atoms with E-state index in [1.165, 1.54) is 42.5 Å². The third-order valence-electron chi connectivity index (χ3n) is 3.54. The van der Waals surface area contributed by atoms with Gasteiger partial charge >= 0.3 is 5.97 Å². The Balaban J connectivity index is 2.05. The maximum absolute atomic E-state index is 12.1. The lowest BCUT2D eigenvalue weighted by Gasteiger charge is -2.10. The Kier molecular flexibility index (Phi) is 5.91. The largest absolute Gasteiger partial charge is 0.452 e. The van der Waals surface area contributed by atoms with Crippen molar-refractivity contribution in [1.29, 1.82) is 0 Å². The minimum Gasteiger partial charge on any atom is -0.452 e. The molecule has 0 unspecified atom stereocenters. The van der Waals surface area contributed by atoms with Crippen LogP contribution in [0, 0.1) is 17.0 Å². The molecular formula is C17H16N2O7S. The molecule has 2 aromatic rings. The molecule has 0 aromatic heterocycles. The van der Waals surface area contributed by atoms with Crippen LogP contribution in [0.25, 0.3) is 0 Å². The van der Waals surface area contributed by atoms with Crippen molar-refractivity contribution >= 4 is 33.1 Å². The van der Waals surface area contributed by atoms with E-state index in [-0.39, 0.29) is 16.1 Å². The monoisotopic (exact) mass is 392 g/mol. The zero-order chi connectivity index (χ0) is 20.2. The zero-order valence-electron chi connectivity index (χ0n) is 14.5. The first-order chi connectivity index (χ1) is 12.6. The fourth-order valence-corrected chi connectivity index (χ4v) is 3.13. The van der Waals surface area contributed by atoms with Gasteiger partial charge in [0.05, 0.1) is 15.4 Å². The molecule has 0 aliphatic carbocycles. The lowest BCUT2D eigenvalue weighted by Crippen LogP contribution is -2.22. The summed E-state index contributed by atoms with van der Waals surface area (Å²) in [5, 5.41) is 13.2. The van der Waals surface area contributed by atoms with Gasteiger partial charge in [0.15, 0.2) is 16.4 Å². The number of esters is 1. The standard InChI is InChI=1S/C17H16N2O7S/c1-11-9-12(19(22)23)7-8-14(11)18-16(20)10-26-17(21)13-5-3-4-6-15(13)27(2,24)25/h3-9H,10H2,1-2H3,(H,18,20). The molecule has 0 saturated heterocycles. The van der Waals surface area contributed by atoms with E-state index in [4.69, 9.17) is 4.74 Å². The number of anilines is 1. The molecule has 1 N–H and O–H groups in total. The number of ether oxygens (including phenoxy) is 1. The van der Waals surface area contributed by atoms with Crippen molar-refractivity contribution in [2.45, 2.75) is 11.8 Å². The molecule has 10 heteroatoms. The van der Waals surface area contributed by atoms with Crippen LogP contribution in [-0.2, 0) is 19.4 Å². The number of benzene rings is 2. The number of hydrogen-bond donors (Lipinski definition) is 1. The number of hydrogen-bond acceptors (Lipinski definition) is 7. The van der Waals surface area contributed by atoms with Gasteiger partial charge in [-0.3, -0.25) is 14.9 Å². The Hall–Kier alpha value is -3.27. The van der Waals surface area contributed by atoms with Crippen LogP contribution in [0.2, 0.25) is 0 Å². The second-order valence-corrected chi connectivity index (χ2v) is 7.63. The lowest BCUT2D eigenvalue weighted by atomic mass is 10.2. The van der Waals surface area contributed by atoms with E-state index < -0.39 is 33.2 Å². The number of amides is 1. The number of carbonyl (C=O) groups is 2. The van der Waals surface area contributed by atoms with Crippen molar-refractivity contribution in [2.75, 3.05) is 18.2 Å². The lowest BCUT2D eigenvalue weighted by molar-refractivity contribution is -0.384. The van der Waals surface area contributed by atoms with E-state index in [1.54, 1.807) is 6.92 Å². The normalized spacial score (nSPS) is 10.9. The molecule has 142 valence electrons. The van der Waals surface area contributed by atoms with Crippen LogP contribution in [0.3, 0.4) is 0 Å². The number of nitro benzene ring substituents is 1. The van der Waals surface area contributed by atoms with Gasteiger partial charge in [0.1, 0.15) is 0 Å². The average Bonchev–Trinajstić information content (AvgIpc) is 2.60. The summed E-state index contributed by atoms with van der Waals surface area (Å²) in [4.78, 5) is 34.0. The minimum absolute atomic E-state index is 0.116. The number of nitrogens with zero attached hydrogens (tertiary/aromatic N) is 1. The van der Waals surface area contributed by atoms with Gasteiger partial charge in [-0.15, -0.1) is 0 Å². The van der Waals surface area contributed by atoms with Crippen LogP contribution in [0.1, 0.15) is 15.9 Å². The maximum atomic E-state index is 12.1. The van der Waals surface area contributed by atoms with Gasteiger partial charge in [-0.05, 0) is 30.7 Å². The van der Waals surface area contributed by atoms with E-state index in [0.29, 0.717) is 11.3 Å². The fraction of sp³-hybridized carbons (Fsp3) is 0.176. The number of carbonyl (C=O) groups excluding carboxylic acids is 2. The summed E-state index contributed by atoms with van der Waals surface area (Å²) in [5.74, 6) is -1.62. The highest BCUT2D eigenvalue weighted by atomic mass is 32.2. The first-order valence-electron chi connectivity index (χ1n) is 7.60. The first kappa shape index (κ1) is 20.0. The van der Waals surface area contributed by atoms with Crippen molar-refractivity contribution in [3.63, 3.8) is 0 Å². The predicted molar refractivity (Wildman–Crippen MR) is 96.3 cm³/mol. The Morgan fingerprint density at radius 3 is 2.44 bits per heavy atom. The smallest absolute Gasteiger partial charge is 0.339 e. The summed E-state index contributed by atoms with van der Waals surface area (Å²) < 4.78 is 28.3. The first-order valence-corrected chi connectivity index (χ1v) is 9.50. The molecule has 0 fully saturated rings. The molecule has 0 atom stereocenters. The molecule has 0 aliphatic rings. The summed E-state index contributed by atoms with van der Waals surface area (Å²) in [6.07, 6.45) is 0.961. The molecule has 2 rings (SSSR count).